The molecule has 2 N–H and O–H groups in total. The van der Waals surface area contributed by atoms with Gasteiger partial charge in [-0.05, 0) is 52.1 Å². The van der Waals surface area contributed by atoms with E-state index in [0.717, 1.165) is 16.7 Å². The summed E-state index contributed by atoms with van der Waals surface area (Å²) in [5, 5.41) is 16.3. The van der Waals surface area contributed by atoms with Gasteiger partial charge in [-0.25, -0.2) is 4.99 Å². The minimum atomic E-state index is -1.47. The number of nitrogens with zero attached hydrogens (tertiary/aromatic N) is 4. The van der Waals surface area contributed by atoms with E-state index in [4.69, 9.17) is 19.6 Å². The van der Waals surface area contributed by atoms with Crippen molar-refractivity contribution in [3.8, 4) is 5.75 Å². The number of benzene rings is 5. The van der Waals surface area contributed by atoms with Gasteiger partial charge in [-0.2, -0.15) is 0 Å². The lowest BCUT2D eigenvalue weighted by Gasteiger charge is -2.32. The Labute approximate surface area is 285 Å². The fourth-order valence-electron chi connectivity index (χ4n) is 6.15. The monoisotopic (exact) mass is 651 g/mol. The highest BCUT2D eigenvalue weighted by Gasteiger charge is 2.53. The maximum atomic E-state index is 14.9. The Balaban J connectivity index is 1.43. The van der Waals surface area contributed by atoms with Crippen LogP contribution in [0.2, 0.25) is 0 Å². The van der Waals surface area contributed by atoms with Crippen LogP contribution in [0.1, 0.15) is 46.3 Å². The van der Waals surface area contributed by atoms with Gasteiger partial charge < -0.3 is 19.9 Å². The number of hydrogen-bond acceptors (Lipinski definition) is 6. The van der Waals surface area contributed by atoms with Gasteiger partial charge in [-0.3, -0.25) is 4.79 Å². The van der Waals surface area contributed by atoms with Crippen LogP contribution in [0.5, 0.6) is 5.75 Å². The van der Waals surface area contributed by atoms with Crippen LogP contribution in [-0.2, 0) is 16.0 Å². The van der Waals surface area contributed by atoms with Crippen LogP contribution < -0.4 is 10.1 Å². The molecule has 0 unspecified atom stereocenters. The van der Waals surface area contributed by atoms with Crippen molar-refractivity contribution >= 4 is 17.5 Å². The number of nitrogens with one attached hydrogen (secondary N) is 1. The third-order valence-electron chi connectivity index (χ3n) is 8.61. The lowest BCUT2D eigenvalue weighted by atomic mass is 9.81. The molecule has 49 heavy (non-hydrogen) atoms. The van der Waals surface area contributed by atoms with Crippen molar-refractivity contribution in [1.82, 2.24) is 5.32 Å². The zero-order valence-corrected chi connectivity index (χ0v) is 26.9. The molecule has 5 aromatic carbocycles. The minimum Gasteiger partial charge on any atom is -0.494 e. The molecule has 0 bridgehead atoms. The molecule has 0 saturated carbocycles. The minimum absolute atomic E-state index is 0.0496. The number of ether oxygens (including phenoxy) is 2. The molecule has 0 saturated heterocycles. The number of carbonyl (C=O) groups excluding carboxylic acids is 1. The van der Waals surface area contributed by atoms with E-state index in [2.05, 4.69) is 39.6 Å². The van der Waals surface area contributed by atoms with E-state index in [1.807, 2.05) is 103 Å². The second-order valence-corrected chi connectivity index (χ2v) is 11.8. The van der Waals surface area contributed by atoms with Crippen LogP contribution in [0.3, 0.4) is 0 Å². The van der Waals surface area contributed by atoms with E-state index < -0.39 is 11.6 Å². The molecule has 2 atom stereocenters. The summed E-state index contributed by atoms with van der Waals surface area (Å²) in [6.07, 6.45) is -0.156. The topological polar surface area (TPSA) is 129 Å². The quantitative estimate of drug-likeness (QED) is 0.0549. The summed E-state index contributed by atoms with van der Waals surface area (Å²) in [6.45, 7) is 0.761. The highest BCUT2D eigenvalue weighted by Crippen LogP contribution is 2.44. The maximum Gasteiger partial charge on any atom is 0.252 e. The molecule has 0 radical (unpaired) electrons. The van der Waals surface area contributed by atoms with Crippen molar-refractivity contribution < 1.29 is 19.4 Å². The molecule has 0 spiro atoms. The first kappa shape index (κ1) is 33.0. The fourth-order valence-corrected chi connectivity index (χ4v) is 6.15. The highest BCUT2D eigenvalue weighted by molar-refractivity contribution is 6.01. The zero-order chi connectivity index (χ0) is 33.9. The molecule has 1 aliphatic rings. The molecular formula is C40H37N5O4. The van der Waals surface area contributed by atoms with Crippen LogP contribution in [-0.4, -0.2) is 42.2 Å². The molecule has 0 fully saturated rings. The number of rotatable bonds is 14. The first-order valence-electron chi connectivity index (χ1n) is 16.3. The van der Waals surface area contributed by atoms with Gasteiger partial charge in [0.25, 0.3) is 5.91 Å². The van der Waals surface area contributed by atoms with Gasteiger partial charge in [-0.1, -0.05) is 120 Å². The van der Waals surface area contributed by atoms with Crippen molar-refractivity contribution in [2.45, 2.75) is 30.4 Å². The number of carbonyl (C=O) groups is 1. The Hall–Kier alpha value is -5.89. The Morgan fingerprint density at radius 2 is 1.49 bits per heavy atom. The first-order valence-corrected chi connectivity index (χ1v) is 16.3. The number of aliphatic hydroxyl groups is 1. The van der Waals surface area contributed by atoms with Gasteiger partial charge in [-0.15, -0.1) is 0 Å². The van der Waals surface area contributed by atoms with Crippen molar-refractivity contribution in [2.24, 2.45) is 10.1 Å². The summed E-state index contributed by atoms with van der Waals surface area (Å²) in [7, 11) is 0. The third kappa shape index (κ3) is 7.65. The van der Waals surface area contributed by atoms with E-state index in [1.165, 1.54) is 0 Å². The van der Waals surface area contributed by atoms with Crippen LogP contribution in [0.4, 0.5) is 5.69 Å². The molecule has 6 rings (SSSR count). The molecule has 5 aromatic rings. The Morgan fingerprint density at radius 3 is 2.12 bits per heavy atom. The Bertz CT molecular complexity index is 1870. The lowest BCUT2D eigenvalue weighted by Crippen LogP contribution is -2.50. The molecule has 1 amide bonds. The van der Waals surface area contributed by atoms with Crippen LogP contribution >= 0.6 is 0 Å². The average Bonchev–Trinajstić information content (AvgIpc) is 3.54. The van der Waals surface area contributed by atoms with Crippen LogP contribution in [0.25, 0.3) is 10.4 Å². The second-order valence-electron chi connectivity index (χ2n) is 11.8. The smallest absolute Gasteiger partial charge is 0.252 e. The van der Waals surface area contributed by atoms with Gasteiger partial charge in [0.05, 0.1) is 6.61 Å². The van der Waals surface area contributed by atoms with Crippen molar-refractivity contribution in [3.63, 3.8) is 0 Å². The largest absolute Gasteiger partial charge is 0.494 e. The maximum absolute atomic E-state index is 14.9. The van der Waals surface area contributed by atoms with Gasteiger partial charge in [0.1, 0.15) is 5.75 Å². The Morgan fingerprint density at radius 1 is 0.878 bits per heavy atom. The predicted octanol–water partition coefficient (Wildman–Crippen LogP) is 7.84. The van der Waals surface area contributed by atoms with E-state index in [-0.39, 0.29) is 24.9 Å². The number of azide groups is 1. The second kappa shape index (κ2) is 15.8. The lowest BCUT2D eigenvalue weighted by molar-refractivity contribution is -0.129. The Kier molecular flexibility index (Phi) is 10.7. The van der Waals surface area contributed by atoms with E-state index in [9.17, 15) is 10.3 Å². The van der Waals surface area contributed by atoms with Gasteiger partial charge in [0.2, 0.25) is 5.90 Å². The fraction of sp³-hybridized carbons (Fsp3) is 0.200. The standard InChI is InChI=1S/C40H37N5O4/c41-45-44-36-20-11-10-19-33(36)27-40(39(47)42-28-35(29-13-4-1-5-14-29)30-15-6-2-7-16-30)37(31-17-8-3-9-18-31)49-38(43-40)32-21-23-34(24-22-32)48-26-12-25-46/h1-11,13-24,35,37,46H,12,25-28H2,(H,42,47)/t37-,40-/m1/s1. The summed E-state index contributed by atoms with van der Waals surface area (Å²) in [4.78, 5) is 23.1. The van der Waals surface area contributed by atoms with Crippen LogP contribution in [0, 0.1) is 0 Å². The van der Waals surface area contributed by atoms with Gasteiger partial charge in [0, 0.05) is 48.1 Å². The van der Waals surface area contributed by atoms with E-state index >= 15 is 0 Å². The summed E-state index contributed by atoms with van der Waals surface area (Å²) in [5.41, 5.74) is 12.6. The molecule has 1 heterocycles. The van der Waals surface area contributed by atoms with Gasteiger partial charge >= 0.3 is 0 Å². The zero-order valence-electron chi connectivity index (χ0n) is 26.9. The summed E-state index contributed by atoms with van der Waals surface area (Å²) < 4.78 is 12.4. The van der Waals surface area contributed by atoms with Crippen molar-refractivity contribution in [3.05, 3.63) is 178 Å². The van der Waals surface area contributed by atoms with Crippen molar-refractivity contribution in [2.75, 3.05) is 19.8 Å². The van der Waals surface area contributed by atoms with Crippen molar-refractivity contribution in [1.29, 1.82) is 0 Å². The molecule has 9 nitrogen and oxygen atoms in total. The number of aliphatic imine (C=N–C) groups is 1. The first-order chi connectivity index (χ1) is 24.1. The van der Waals surface area contributed by atoms with E-state index in [0.29, 0.717) is 48.0 Å². The summed E-state index contributed by atoms with van der Waals surface area (Å²) >= 11 is 0. The number of aliphatic hydroxyl groups excluding tert-OH is 1. The van der Waals surface area contributed by atoms with Crippen LogP contribution in [0.15, 0.2) is 150 Å². The highest BCUT2D eigenvalue weighted by atomic mass is 16.5. The molecule has 246 valence electrons. The number of amides is 1. The molecular weight excluding hydrogens is 614 g/mol. The molecule has 0 aromatic heterocycles. The molecule has 9 heteroatoms. The van der Waals surface area contributed by atoms with Gasteiger partial charge in [0.15, 0.2) is 11.6 Å². The van der Waals surface area contributed by atoms with E-state index in [1.54, 1.807) is 12.1 Å². The predicted molar refractivity (Wildman–Crippen MR) is 190 cm³/mol. The summed E-state index contributed by atoms with van der Waals surface area (Å²) in [6, 6.07) is 44.3. The SMILES string of the molecule is [N-]=[N+]=Nc1ccccc1C[C@@]1(C(=O)NCC(c2ccccc2)c2ccccc2)N=C(c2ccc(OCCCO)cc2)O[C@@H]1c1ccccc1. The third-order valence-corrected chi connectivity index (χ3v) is 8.61. The average molecular weight is 652 g/mol. The molecule has 1 aliphatic heterocycles. The normalized spacial score (nSPS) is 16.7. The number of hydrogen-bond donors (Lipinski definition) is 2. The molecule has 0 aliphatic carbocycles. The summed E-state index contributed by atoms with van der Waals surface area (Å²) in [5.74, 6) is 0.538.